The van der Waals surface area contributed by atoms with Gasteiger partial charge in [-0.25, -0.2) is 5.43 Å². The van der Waals surface area contributed by atoms with Crippen molar-refractivity contribution in [2.75, 3.05) is 0 Å². The van der Waals surface area contributed by atoms with E-state index >= 15 is 0 Å². The molecule has 3 rings (SSSR count). The van der Waals surface area contributed by atoms with Crippen LogP contribution < -0.4 is 11.3 Å². The Hall–Kier alpha value is -2.23. The van der Waals surface area contributed by atoms with Gasteiger partial charge in [-0.05, 0) is 29.5 Å². The van der Waals surface area contributed by atoms with Gasteiger partial charge >= 0.3 is 0 Å². The van der Waals surface area contributed by atoms with Crippen LogP contribution in [0.25, 0.3) is 10.8 Å². The van der Waals surface area contributed by atoms with Crippen molar-refractivity contribution in [2.45, 2.75) is 13.0 Å². The molecule has 0 spiro atoms. The Morgan fingerprint density at radius 1 is 1.05 bits per heavy atom. The standard InChI is InChI=1S/C17H17N3/c1-12-5-7-14(8-6-12)17(20-18)15-4-2-3-13-9-10-19-11-16(13)15/h2-11,17,20H,18H2,1H3. The summed E-state index contributed by atoms with van der Waals surface area (Å²) < 4.78 is 0. The lowest BCUT2D eigenvalue weighted by Crippen LogP contribution is -2.29. The number of rotatable bonds is 3. The molecule has 100 valence electrons. The van der Waals surface area contributed by atoms with E-state index in [-0.39, 0.29) is 6.04 Å². The summed E-state index contributed by atoms with van der Waals surface area (Å²) in [5.74, 6) is 5.80. The molecular formula is C17H17N3. The second kappa shape index (κ2) is 5.41. The molecule has 0 fully saturated rings. The van der Waals surface area contributed by atoms with Gasteiger partial charge < -0.3 is 0 Å². The smallest absolute Gasteiger partial charge is 0.0716 e. The molecule has 3 nitrogen and oxygen atoms in total. The van der Waals surface area contributed by atoms with Gasteiger partial charge in [0.1, 0.15) is 0 Å². The minimum Gasteiger partial charge on any atom is -0.271 e. The summed E-state index contributed by atoms with van der Waals surface area (Å²) in [6, 6.07) is 16.6. The third-order valence-electron chi connectivity index (χ3n) is 3.61. The molecule has 0 bridgehead atoms. The second-order valence-electron chi connectivity index (χ2n) is 4.95. The predicted molar refractivity (Wildman–Crippen MR) is 82.1 cm³/mol. The lowest BCUT2D eigenvalue weighted by Gasteiger charge is -2.19. The van der Waals surface area contributed by atoms with Gasteiger partial charge in [0.05, 0.1) is 6.04 Å². The van der Waals surface area contributed by atoms with Crippen LogP contribution in [0.4, 0.5) is 0 Å². The van der Waals surface area contributed by atoms with Crippen LogP contribution in [0.15, 0.2) is 60.9 Å². The van der Waals surface area contributed by atoms with E-state index in [1.165, 1.54) is 10.9 Å². The predicted octanol–water partition coefficient (Wildman–Crippen LogP) is 3.10. The minimum atomic E-state index is -0.0384. The highest BCUT2D eigenvalue weighted by Crippen LogP contribution is 2.28. The highest BCUT2D eigenvalue weighted by Gasteiger charge is 2.14. The number of fused-ring (bicyclic) bond motifs is 1. The van der Waals surface area contributed by atoms with E-state index in [1.54, 1.807) is 0 Å². The molecule has 0 aliphatic heterocycles. The van der Waals surface area contributed by atoms with Crippen molar-refractivity contribution in [3.05, 3.63) is 77.6 Å². The van der Waals surface area contributed by atoms with Gasteiger partial charge in [0.2, 0.25) is 0 Å². The van der Waals surface area contributed by atoms with Gasteiger partial charge in [-0.2, -0.15) is 0 Å². The van der Waals surface area contributed by atoms with Crippen LogP contribution in [-0.2, 0) is 0 Å². The van der Waals surface area contributed by atoms with Crippen molar-refractivity contribution >= 4 is 10.8 Å². The third-order valence-corrected chi connectivity index (χ3v) is 3.61. The number of nitrogens with one attached hydrogen (secondary N) is 1. The van der Waals surface area contributed by atoms with E-state index in [0.29, 0.717) is 0 Å². The quantitative estimate of drug-likeness (QED) is 0.564. The molecular weight excluding hydrogens is 246 g/mol. The molecule has 3 aromatic rings. The summed E-state index contributed by atoms with van der Waals surface area (Å²) >= 11 is 0. The summed E-state index contributed by atoms with van der Waals surface area (Å²) in [4.78, 5) is 4.23. The molecule has 0 radical (unpaired) electrons. The fraction of sp³-hybridized carbons (Fsp3) is 0.118. The molecule has 3 N–H and O–H groups in total. The Kier molecular flexibility index (Phi) is 3.46. The number of pyridine rings is 1. The fourth-order valence-electron chi connectivity index (χ4n) is 2.51. The summed E-state index contributed by atoms with van der Waals surface area (Å²) in [5.41, 5.74) is 6.45. The number of aromatic nitrogens is 1. The van der Waals surface area contributed by atoms with Gasteiger partial charge in [-0.3, -0.25) is 10.8 Å². The van der Waals surface area contributed by atoms with Crippen LogP contribution in [0.2, 0.25) is 0 Å². The lowest BCUT2D eigenvalue weighted by molar-refractivity contribution is 0.640. The maximum Gasteiger partial charge on any atom is 0.0716 e. The number of nitrogens with zero attached hydrogens (tertiary/aromatic N) is 1. The first-order valence-electron chi connectivity index (χ1n) is 6.65. The summed E-state index contributed by atoms with van der Waals surface area (Å²) in [6.07, 6.45) is 3.70. The first-order chi connectivity index (χ1) is 9.79. The SMILES string of the molecule is Cc1ccc(C(NN)c2cccc3ccncc23)cc1. The second-order valence-corrected chi connectivity index (χ2v) is 4.95. The van der Waals surface area contributed by atoms with Crippen molar-refractivity contribution in [3.8, 4) is 0 Å². The van der Waals surface area contributed by atoms with E-state index < -0.39 is 0 Å². The van der Waals surface area contributed by atoms with Crippen molar-refractivity contribution in [1.82, 2.24) is 10.4 Å². The summed E-state index contributed by atoms with van der Waals surface area (Å²) in [5, 5.41) is 2.29. The van der Waals surface area contributed by atoms with E-state index in [0.717, 1.165) is 16.5 Å². The Bertz CT molecular complexity index is 714. The average molecular weight is 263 g/mol. The molecule has 0 amide bonds. The van der Waals surface area contributed by atoms with Gasteiger partial charge in [-0.15, -0.1) is 0 Å². The molecule has 1 heterocycles. The molecule has 0 saturated carbocycles. The minimum absolute atomic E-state index is 0.0384. The highest BCUT2D eigenvalue weighted by molar-refractivity contribution is 5.85. The maximum atomic E-state index is 5.80. The van der Waals surface area contributed by atoms with Gasteiger partial charge in [0, 0.05) is 17.8 Å². The third kappa shape index (κ3) is 2.29. The first kappa shape index (κ1) is 12.8. The van der Waals surface area contributed by atoms with E-state index in [9.17, 15) is 0 Å². The Morgan fingerprint density at radius 2 is 1.85 bits per heavy atom. The zero-order chi connectivity index (χ0) is 13.9. The number of benzene rings is 2. The van der Waals surface area contributed by atoms with Crippen molar-refractivity contribution in [1.29, 1.82) is 0 Å². The molecule has 0 aliphatic rings. The highest BCUT2D eigenvalue weighted by atomic mass is 15.2. The lowest BCUT2D eigenvalue weighted by atomic mass is 9.94. The van der Waals surface area contributed by atoms with Crippen LogP contribution in [0.3, 0.4) is 0 Å². The molecule has 3 heteroatoms. The van der Waals surface area contributed by atoms with Crippen LogP contribution in [0.5, 0.6) is 0 Å². The van der Waals surface area contributed by atoms with Crippen LogP contribution in [0, 0.1) is 6.92 Å². The fourth-order valence-corrected chi connectivity index (χ4v) is 2.51. The van der Waals surface area contributed by atoms with Gasteiger partial charge in [0.25, 0.3) is 0 Å². The largest absolute Gasteiger partial charge is 0.271 e. The van der Waals surface area contributed by atoms with Crippen molar-refractivity contribution < 1.29 is 0 Å². The number of hydrogen-bond donors (Lipinski definition) is 2. The molecule has 1 atom stereocenters. The maximum absolute atomic E-state index is 5.80. The van der Waals surface area contributed by atoms with Crippen LogP contribution in [-0.4, -0.2) is 4.98 Å². The number of hydrogen-bond acceptors (Lipinski definition) is 3. The number of aryl methyl sites for hydroxylation is 1. The van der Waals surface area contributed by atoms with E-state index in [4.69, 9.17) is 5.84 Å². The molecule has 2 aromatic carbocycles. The zero-order valence-corrected chi connectivity index (χ0v) is 11.4. The molecule has 0 aliphatic carbocycles. The monoisotopic (exact) mass is 263 g/mol. The summed E-state index contributed by atoms with van der Waals surface area (Å²) in [7, 11) is 0. The van der Waals surface area contributed by atoms with Crippen LogP contribution in [0.1, 0.15) is 22.7 Å². The molecule has 1 aromatic heterocycles. The zero-order valence-electron chi connectivity index (χ0n) is 11.4. The normalized spacial score (nSPS) is 12.5. The van der Waals surface area contributed by atoms with Crippen molar-refractivity contribution in [2.24, 2.45) is 5.84 Å². The average Bonchev–Trinajstić information content (AvgIpc) is 2.50. The van der Waals surface area contributed by atoms with E-state index in [2.05, 4.69) is 59.8 Å². The Labute approximate surface area is 118 Å². The van der Waals surface area contributed by atoms with E-state index in [1.807, 2.05) is 18.5 Å². The van der Waals surface area contributed by atoms with Crippen molar-refractivity contribution in [3.63, 3.8) is 0 Å². The van der Waals surface area contributed by atoms with Gasteiger partial charge in [-0.1, -0.05) is 48.0 Å². The number of nitrogens with two attached hydrogens (primary N) is 1. The molecule has 20 heavy (non-hydrogen) atoms. The summed E-state index contributed by atoms with van der Waals surface area (Å²) in [6.45, 7) is 2.08. The topological polar surface area (TPSA) is 50.9 Å². The number of hydrazine groups is 1. The molecule has 1 unspecified atom stereocenters. The first-order valence-corrected chi connectivity index (χ1v) is 6.65. The molecule has 0 saturated heterocycles. The Morgan fingerprint density at radius 3 is 2.60 bits per heavy atom. The van der Waals surface area contributed by atoms with Crippen LogP contribution >= 0.6 is 0 Å². The Balaban J connectivity index is 2.14. The van der Waals surface area contributed by atoms with Gasteiger partial charge in [0.15, 0.2) is 0 Å².